The van der Waals surface area contributed by atoms with E-state index in [1.807, 2.05) is 0 Å². The summed E-state index contributed by atoms with van der Waals surface area (Å²) in [4.78, 5) is 0. The van der Waals surface area contributed by atoms with Crippen LogP contribution in [0.1, 0.15) is 52.9 Å². The van der Waals surface area contributed by atoms with Crippen molar-refractivity contribution in [3.8, 4) is 0 Å². The molecule has 21 heavy (non-hydrogen) atoms. The van der Waals surface area contributed by atoms with Crippen molar-refractivity contribution in [3.63, 3.8) is 0 Å². The first-order valence-corrected chi connectivity index (χ1v) is 9.73. The van der Waals surface area contributed by atoms with Crippen LogP contribution in [0.4, 0.5) is 0 Å². The van der Waals surface area contributed by atoms with Crippen LogP contribution in [-0.2, 0) is 10.2 Å². The van der Waals surface area contributed by atoms with Gasteiger partial charge in [0.05, 0.1) is 0 Å². The quantitative estimate of drug-likeness (QED) is 0.627. The summed E-state index contributed by atoms with van der Waals surface area (Å²) in [6.45, 7) is 9.24. The molecule has 0 radical (unpaired) electrons. The number of hydrogen-bond acceptors (Lipinski definition) is 3. The molecule has 0 atom stereocenters. The lowest BCUT2D eigenvalue weighted by Crippen LogP contribution is -2.48. The Morgan fingerprint density at radius 1 is 1.24 bits per heavy atom. The fraction of sp³-hybridized carbons (Fsp3) is 1.00. The Hall–Kier alpha value is -0.170. The highest BCUT2D eigenvalue weighted by Crippen LogP contribution is 2.27. The molecule has 1 aliphatic carbocycles. The molecule has 1 fully saturated rings. The van der Waals surface area contributed by atoms with Crippen molar-refractivity contribution in [1.82, 2.24) is 13.9 Å². The predicted octanol–water partition coefficient (Wildman–Crippen LogP) is 2.06. The molecule has 0 unspecified atom stereocenters. The minimum absolute atomic E-state index is 0.202. The number of rotatable bonds is 10. The highest BCUT2D eigenvalue weighted by molar-refractivity contribution is 7.86. The summed E-state index contributed by atoms with van der Waals surface area (Å²) >= 11 is 0. The highest BCUT2D eigenvalue weighted by atomic mass is 32.2. The SMILES string of the molecule is CCNCCCN(C)S(=O)(=O)N(CC(C)C)C1CCCC1. The minimum Gasteiger partial charge on any atom is -0.317 e. The van der Waals surface area contributed by atoms with Gasteiger partial charge in [0, 0.05) is 26.2 Å². The van der Waals surface area contributed by atoms with E-state index in [1.54, 1.807) is 11.4 Å². The van der Waals surface area contributed by atoms with Crippen molar-refractivity contribution in [2.45, 2.75) is 58.9 Å². The van der Waals surface area contributed by atoms with Gasteiger partial charge in [-0.05, 0) is 38.3 Å². The van der Waals surface area contributed by atoms with Crippen LogP contribution in [0.25, 0.3) is 0 Å². The summed E-state index contributed by atoms with van der Waals surface area (Å²) in [6, 6.07) is 0.202. The monoisotopic (exact) mass is 319 g/mol. The first-order chi connectivity index (χ1) is 9.89. The molecule has 1 aliphatic rings. The van der Waals surface area contributed by atoms with Crippen molar-refractivity contribution in [2.24, 2.45) is 5.92 Å². The van der Waals surface area contributed by atoms with Crippen molar-refractivity contribution < 1.29 is 8.42 Å². The first-order valence-electron chi connectivity index (χ1n) is 8.33. The Kier molecular flexibility index (Phi) is 8.16. The van der Waals surface area contributed by atoms with E-state index >= 15 is 0 Å². The molecule has 0 aliphatic heterocycles. The van der Waals surface area contributed by atoms with Gasteiger partial charge in [0.15, 0.2) is 0 Å². The van der Waals surface area contributed by atoms with Gasteiger partial charge in [0.25, 0.3) is 10.2 Å². The van der Waals surface area contributed by atoms with Gasteiger partial charge >= 0.3 is 0 Å². The Morgan fingerprint density at radius 2 is 1.86 bits per heavy atom. The van der Waals surface area contributed by atoms with Crippen molar-refractivity contribution >= 4 is 10.2 Å². The summed E-state index contributed by atoms with van der Waals surface area (Å²) in [6.07, 6.45) is 5.18. The van der Waals surface area contributed by atoms with Gasteiger partial charge in [-0.25, -0.2) is 0 Å². The van der Waals surface area contributed by atoms with E-state index in [9.17, 15) is 8.42 Å². The zero-order valence-corrected chi connectivity index (χ0v) is 15.0. The third-order valence-electron chi connectivity index (χ3n) is 4.04. The fourth-order valence-electron chi connectivity index (χ4n) is 2.88. The van der Waals surface area contributed by atoms with Crippen LogP contribution in [0.3, 0.4) is 0 Å². The average Bonchev–Trinajstić information content (AvgIpc) is 2.94. The predicted molar refractivity (Wildman–Crippen MR) is 88.5 cm³/mol. The minimum atomic E-state index is -3.33. The van der Waals surface area contributed by atoms with E-state index < -0.39 is 10.2 Å². The zero-order chi connectivity index (χ0) is 15.9. The maximum atomic E-state index is 12.8. The maximum absolute atomic E-state index is 12.8. The van der Waals surface area contributed by atoms with Crippen LogP contribution in [0, 0.1) is 5.92 Å². The van der Waals surface area contributed by atoms with Crippen LogP contribution >= 0.6 is 0 Å². The van der Waals surface area contributed by atoms with Crippen LogP contribution in [0.5, 0.6) is 0 Å². The molecule has 0 saturated heterocycles. The van der Waals surface area contributed by atoms with Crippen LogP contribution in [-0.4, -0.2) is 56.3 Å². The lowest BCUT2D eigenvalue weighted by atomic mass is 10.2. The normalized spacial score (nSPS) is 17.5. The molecule has 1 rings (SSSR count). The summed E-state index contributed by atoms with van der Waals surface area (Å²) in [5.41, 5.74) is 0. The molecule has 5 nitrogen and oxygen atoms in total. The van der Waals surface area contributed by atoms with Gasteiger partial charge in [0.1, 0.15) is 0 Å². The van der Waals surface area contributed by atoms with E-state index in [0.717, 1.165) is 45.2 Å². The summed E-state index contributed by atoms with van der Waals surface area (Å²) in [5.74, 6) is 0.357. The Labute approximate surface area is 131 Å². The second kappa shape index (κ2) is 9.08. The third kappa shape index (κ3) is 5.85. The molecule has 0 aromatic heterocycles. The molecule has 1 N–H and O–H groups in total. The number of nitrogens with zero attached hydrogens (tertiary/aromatic N) is 2. The molecule has 0 aromatic carbocycles. The molecule has 126 valence electrons. The zero-order valence-electron chi connectivity index (χ0n) is 14.1. The van der Waals surface area contributed by atoms with Gasteiger partial charge in [-0.3, -0.25) is 0 Å². The average molecular weight is 320 g/mol. The van der Waals surface area contributed by atoms with E-state index in [2.05, 4.69) is 26.1 Å². The fourth-order valence-corrected chi connectivity index (χ4v) is 4.67. The number of nitrogens with one attached hydrogen (secondary N) is 1. The Morgan fingerprint density at radius 3 is 2.38 bits per heavy atom. The third-order valence-corrected chi connectivity index (χ3v) is 6.05. The summed E-state index contributed by atoms with van der Waals surface area (Å²) in [7, 11) is -1.62. The van der Waals surface area contributed by atoms with Gasteiger partial charge in [-0.1, -0.05) is 33.6 Å². The number of hydrogen-bond donors (Lipinski definition) is 1. The molecule has 0 spiro atoms. The van der Waals surface area contributed by atoms with Gasteiger partial charge in [-0.15, -0.1) is 0 Å². The van der Waals surface area contributed by atoms with Gasteiger partial charge in [-0.2, -0.15) is 17.0 Å². The lowest BCUT2D eigenvalue weighted by molar-refractivity contribution is 0.269. The second-order valence-corrected chi connectivity index (χ2v) is 8.43. The highest BCUT2D eigenvalue weighted by Gasteiger charge is 2.34. The lowest BCUT2D eigenvalue weighted by Gasteiger charge is -2.33. The van der Waals surface area contributed by atoms with Crippen LogP contribution < -0.4 is 5.32 Å². The topological polar surface area (TPSA) is 52.7 Å². The van der Waals surface area contributed by atoms with Crippen LogP contribution in [0.15, 0.2) is 0 Å². The molecule has 0 amide bonds. The molecule has 0 aromatic rings. The van der Waals surface area contributed by atoms with Gasteiger partial charge < -0.3 is 5.32 Å². The molecule has 0 heterocycles. The van der Waals surface area contributed by atoms with E-state index in [4.69, 9.17) is 0 Å². The second-order valence-electron chi connectivity index (χ2n) is 6.44. The van der Waals surface area contributed by atoms with E-state index in [-0.39, 0.29) is 6.04 Å². The van der Waals surface area contributed by atoms with Crippen molar-refractivity contribution in [1.29, 1.82) is 0 Å². The van der Waals surface area contributed by atoms with Crippen molar-refractivity contribution in [3.05, 3.63) is 0 Å². The molecular formula is C15H33N3O2S. The molecule has 1 saturated carbocycles. The van der Waals surface area contributed by atoms with E-state index in [0.29, 0.717) is 19.0 Å². The smallest absolute Gasteiger partial charge is 0.281 e. The molecule has 0 bridgehead atoms. The molecule has 6 heteroatoms. The van der Waals surface area contributed by atoms with E-state index in [1.165, 1.54) is 4.31 Å². The van der Waals surface area contributed by atoms with Crippen LogP contribution in [0.2, 0.25) is 0 Å². The Balaban J connectivity index is 2.68. The maximum Gasteiger partial charge on any atom is 0.281 e. The molecular weight excluding hydrogens is 286 g/mol. The first kappa shape index (κ1) is 18.9. The standard InChI is InChI=1S/C15H33N3O2S/c1-5-16-11-8-12-17(4)21(19,20)18(13-14(2)3)15-9-6-7-10-15/h14-16H,5-13H2,1-4H3. The summed E-state index contributed by atoms with van der Waals surface area (Å²) in [5, 5.41) is 3.24. The van der Waals surface area contributed by atoms with Crippen molar-refractivity contribution in [2.75, 3.05) is 33.2 Å². The Bertz CT molecular complexity index is 378. The largest absolute Gasteiger partial charge is 0.317 e. The van der Waals surface area contributed by atoms with Gasteiger partial charge in [0.2, 0.25) is 0 Å². The summed E-state index contributed by atoms with van der Waals surface area (Å²) < 4.78 is 29.0.